The first kappa shape index (κ1) is 22.5. The van der Waals surface area contributed by atoms with Crippen LogP contribution in [0.5, 0.6) is 5.75 Å². The summed E-state index contributed by atoms with van der Waals surface area (Å²) in [5, 5.41) is 5.99. The van der Waals surface area contributed by atoms with E-state index in [0.29, 0.717) is 27.2 Å². The predicted octanol–water partition coefficient (Wildman–Crippen LogP) is 4.29. The highest BCUT2D eigenvalue weighted by molar-refractivity contribution is 6.42. The maximum Gasteiger partial charge on any atom is 0.306 e. The van der Waals surface area contributed by atoms with Crippen molar-refractivity contribution >= 4 is 52.4 Å². The number of halogens is 2. The molecule has 7 nitrogen and oxygen atoms in total. The second-order valence-electron chi connectivity index (χ2n) is 5.97. The van der Waals surface area contributed by atoms with Crippen LogP contribution in [0, 0.1) is 0 Å². The van der Waals surface area contributed by atoms with E-state index in [0.717, 1.165) is 0 Å². The molecule has 0 aromatic heterocycles. The molecular formula is C20H20Cl2N2O5. The van der Waals surface area contributed by atoms with E-state index >= 15 is 0 Å². The number of carbonyl (C=O) groups excluding carboxylic acids is 3. The third-order valence-electron chi connectivity index (χ3n) is 3.73. The fraction of sp³-hybridized carbons (Fsp3) is 0.250. The van der Waals surface area contributed by atoms with Gasteiger partial charge in [-0.15, -0.1) is 0 Å². The first-order chi connectivity index (χ1) is 13.9. The Morgan fingerprint density at radius 1 is 0.862 bits per heavy atom. The standard InChI is InChI=1S/C20H20Cl2N2O5/c1-28-15-8-5-13(6-9-15)23-19(26)12-29-20(27)4-2-3-18(25)24-14-7-10-16(21)17(22)11-14/h5-11H,2-4,12H2,1H3,(H,23,26)(H,24,25). The minimum Gasteiger partial charge on any atom is -0.497 e. The fourth-order valence-corrected chi connectivity index (χ4v) is 2.58. The monoisotopic (exact) mass is 438 g/mol. The summed E-state index contributed by atoms with van der Waals surface area (Å²) in [4.78, 5) is 35.4. The molecule has 2 aromatic carbocycles. The Morgan fingerprint density at radius 3 is 2.17 bits per heavy atom. The largest absolute Gasteiger partial charge is 0.497 e. The van der Waals surface area contributed by atoms with Crippen LogP contribution in [0.1, 0.15) is 19.3 Å². The summed E-state index contributed by atoms with van der Waals surface area (Å²) >= 11 is 11.7. The number of methoxy groups -OCH3 is 1. The summed E-state index contributed by atoms with van der Waals surface area (Å²) in [5.41, 5.74) is 1.08. The Balaban J connectivity index is 1.63. The van der Waals surface area contributed by atoms with Crippen molar-refractivity contribution < 1.29 is 23.9 Å². The van der Waals surface area contributed by atoms with Crippen LogP contribution in [-0.2, 0) is 19.1 Å². The highest BCUT2D eigenvalue weighted by atomic mass is 35.5. The molecule has 0 unspecified atom stereocenters. The quantitative estimate of drug-likeness (QED) is 0.569. The lowest BCUT2D eigenvalue weighted by molar-refractivity contribution is -0.147. The molecule has 154 valence electrons. The molecule has 0 aliphatic carbocycles. The van der Waals surface area contributed by atoms with Crippen LogP contribution >= 0.6 is 23.2 Å². The number of esters is 1. The molecule has 9 heteroatoms. The number of ether oxygens (including phenoxy) is 2. The molecule has 0 atom stereocenters. The van der Waals surface area contributed by atoms with E-state index in [1.807, 2.05) is 0 Å². The normalized spacial score (nSPS) is 10.2. The van der Waals surface area contributed by atoms with Gasteiger partial charge in [-0.2, -0.15) is 0 Å². The predicted molar refractivity (Wildman–Crippen MR) is 112 cm³/mol. The number of nitrogens with one attached hydrogen (secondary N) is 2. The van der Waals surface area contributed by atoms with Crippen molar-refractivity contribution in [3.05, 3.63) is 52.5 Å². The van der Waals surface area contributed by atoms with Crippen molar-refractivity contribution in [1.29, 1.82) is 0 Å². The number of rotatable bonds is 9. The smallest absolute Gasteiger partial charge is 0.306 e. The summed E-state index contributed by atoms with van der Waals surface area (Å²) < 4.78 is 9.94. The third-order valence-corrected chi connectivity index (χ3v) is 4.47. The summed E-state index contributed by atoms with van der Waals surface area (Å²) in [5.74, 6) is -0.621. The molecule has 0 heterocycles. The Bertz CT molecular complexity index is 872. The van der Waals surface area contributed by atoms with Crippen molar-refractivity contribution in [2.24, 2.45) is 0 Å². The number of hydrogen-bond donors (Lipinski definition) is 2. The molecule has 2 amide bonds. The van der Waals surface area contributed by atoms with Gasteiger partial charge in [-0.05, 0) is 48.9 Å². The molecule has 0 radical (unpaired) electrons. The molecule has 2 N–H and O–H groups in total. The Kier molecular flexibility index (Phi) is 8.76. The molecule has 0 aliphatic rings. The number of anilines is 2. The maximum atomic E-state index is 11.9. The van der Waals surface area contributed by atoms with Crippen LogP contribution in [-0.4, -0.2) is 31.5 Å². The van der Waals surface area contributed by atoms with E-state index in [1.165, 1.54) is 6.07 Å². The Labute approximate surface area is 178 Å². The minimum atomic E-state index is -0.558. The summed E-state index contributed by atoms with van der Waals surface area (Å²) in [7, 11) is 1.55. The Hall–Kier alpha value is -2.77. The van der Waals surface area contributed by atoms with Crippen LogP contribution in [0.3, 0.4) is 0 Å². The van der Waals surface area contributed by atoms with Gasteiger partial charge in [-0.3, -0.25) is 14.4 Å². The zero-order valence-corrected chi connectivity index (χ0v) is 17.2. The third kappa shape index (κ3) is 8.01. The van der Waals surface area contributed by atoms with Gasteiger partial charge in [0.05, 0.1) is 17.2 Å². The minimum absolute atomic E-state index is 0.0185. The lowest BCUT2D eigenvalue weighted by atomic mass is 10.2. The van der Waals surface area contributed by atoms with Gasteiger partial charge in [0.15, 0.2) is 6.61 Å². The van der Waals surface area contributed by atoms with E-state index in [-0.39, 0.29) is 25.2 Å². The topological polar surface area (TPSA) is 93.7 Å². The van der Waals surface area contributed by atoms with Gasteiger partial charge in [0.25, 0.3) is 5.91 Å². The van der Waals surface area contributed by atoms with Gasteiger partial charge >= 0.3 is 5.97 Å². The molecule has 0 aliphatic heterocycles. The van der Waals surface area contributed by atoms with Crippen LogP contribution in [0.15, 0.2) is 42.5 Å². The number of carbonyl (C=O) groups is 3. The van der Waals surface area contributed by atoms with Crippen LogP contribution in [0.4, 0.5) is 11.4 Å². The molecule has 0 saturated heterocycles. The zero-order chi connectivity index (χ0) is 21.2. The molecule has 2 aromatic rings. The number of hydrogen-bond acceptors (Lipinski definition) is 5. The molecule has 0 fully saturated rings. The molecule has 0 saturated carbocycles. The van der Waals surface area contributed by atoms with E-state index in [2.05, 4.69) is 10.6 Å². The van der Waals surface area contributed by atoms with Crippen molar-refractivity contribution in [3.63, 3.8) is 0 Å². The van der Waals surface area contributed by atoms with E-state index in [1.54, 1.807) is 43.5 Å². The van der Waals surface area contributed by atoms with Gasteiger partial charge in [-0.25, -0.2) is 0 Å². The first-order valence-corrected chi connectivity index (χ1v) is 9.47. The molecule has 0 spiro atoms. The van der Waals surface area contributed by atoms with Gasteiger partial charge in [0.1, 0.15) is 5.75 Å². The van der Waals surface area contributed by atoms with E-state index < -0.39 is 18.5 Å². The van der Waals surface area contributed by atoms with E-state index in [9.17, 15) is 14.4 Å². The molecule has 2 rings (SSSR count). The highest BCUT2D eigenvalue weighted by Gasteiger charge is 2.10. The van der Waals surface area contributed by atoms with Crippen molar-refractivity contribution in [3.8, 4) is 5.75 Å². The number of amides is 2. The lowest BCUT2D eigenvalue weighted by Crippen LogP contribution is -2.21. The SMILES string of the molecule is COc1ccc(NC(=O)COC(=O)CCCC(=O)Nc2ccc(Cl)c(Cl)c2)cc1. The van der Waals surface area contributed by atoms with Gasteiger partial charge in [0.2, 0.25) is 5.91 Å². The molecule has 0 bridgehead atoms. The van der Waals surface area contributed by atoms with Gasteiger partial charge in [0, 0.05) is 24.2 Å². The van der Waals surface area contributed by atoms with Gasteiger partial charge < -0.3 is 20.1 Å². The molecular weight excluding hydrogens is 419 g/mol. The fourth-order valence-electron chi connectivity index (χ4n) is 2.28. The van der Waals surface area contributed by atoms with Crippen molar-refractivity contribution in [1.82, 2.24) is 0 Å². The molecule has 29 heavy (non-hydrogen) atoms. The average Bonchev–Trinajstić information content (AvgIpc) is 2.70. The van der Waals surface area contributed by atoms with Crippen molar-refractivity contribution in [2.45, 2.75) is 19.3 Å². The Morgan fingerprint density at radius 2 is 1.52 bits per heavy atom. The second kappa shape index (κ2) is 11.3. The highest BCUT2D eigenvalue weighted by Crippen LogP contribution is 2.25. The zero-order valence-electron chi connectivity index (χ0n) is 15.7. The average molecular weight is 439 g/mol. The van der Waals surface area contributed by atoms with Gasteiger partial charge in [-0.1, -0.05) is 23.2 Å². The van der Waals surface area contributed by atoms with Crippen LogP contribution in [0.25, 0.3) is 0 Å². The summed E-state index contributed by atoms with van der Waals surface area (Å²) in [6.45, 7) is -0.402. The first-order valence-electron chi connectivity index (χ1n) is 8.72. The second-order valence-corrected chi connectivity index (χ2v) is 6.78. The van der Waals surface area contributed by atoms with Crippen LogP contribution in [0.2, 0.25) is 10.0 Å². The summed E-state index contributed by atoms with van der Waals surface area (Å²) in [6.07, 6.45) is 0.421. The number of benzene rings is 2. The van der Waals surface area contributed by atoms with E-state index in [4.69, 9.17) is 32.7 Å². The van der Waals surface area contributed by atoms with Crippen LogP contribution < -0.4 is 15.4 Å². The maximum absolute atomic E-state index is 11.9. The lowest BCUT2D eigenvalue weighted by Gasteiger charge is -2.08. The summed E-state index contributed by atoms with van der Waals surface area (Å²) in [6, 6.07) is 11.5. The van der Waals surface area contributed by atoms with Crippen molar-refractivity contribution in [2.75, 3.05) is 24.4 Å².